The Balaban J connectivity index is 1.34. The zero-order valence-corrected chi connectivity index (χ0v) is 19.4. The number of benzene rings is 2. The fraction of sp³-hybridized carbons (Fsp3) is 0.385. The van der Waals surface area contributed by atoms with E-state index < -0.39 is 11.9 Å². The number of amides is 1. The van der Waals surface area contributed by atoms with Crippen molar-refractivity contribution in [2.24, 2.45) is 5.92 Å². The Hall–Kier alpha value is -3.68. The Kier molecular flexibility index (Phi) is 7.25. The van der Waals surface area contributed by atoms with Crippen LogP contribution >= 0.6 is 0 Å². The summed E-state index contributed by atoms with van der Waals surface area (Å²) in [7, 11) is 0. The molecule has 8 heteroatoms. The van der Waals surface area contributed by atoms with Crippen LogP contribution in [-0.4, -0.2) is 38.6 Å². The summed E-state index contributed by atoms with van der Waals surface area (Å²) in [5.74, 6) is -0.0408. The highest BCUT2D eigenvalue weighted by Gasteiger charge is 2.33. The average molecular weight is 464 g/mol. The average Bonchev–Trinajstić information content (AvgIpc) is 3.49. The van der Waals surface area contributed by atoms with E-state index in [1.807, 2.05) is 42.5 Å². The molecule has 0 bridgehead atoms. The molecule has 1 N–H and O–H groups in total. The van der Waals surface area contributed by atoms with Crippen molar-refractivity contribution < 1.29 is 24.0 Å². The van der Waals surface area contributed by atoms with Gasteiger partial charge in [0.1, 0.15) is 12.4 Å². The fourth-order valence-corrected chi connectivity index (χ4v) is 4.08. The number of rotatable bonds is 9. The zero-order valence-electron chi connectivity index (χ0n) is 19.4. The summed E-state index contributed by atoms with van der Waals surface area (Å²) < 4.78 is 11.1. The summed E-state index contributed by atoms with van der Waals surface area (Å²) in [4.78, 5) is 30.3. The quantitative estimate of drug-likeness (QED) is 0.509. The van der Waals surface area contributed by atoms with Crippen molar-refractivity contribution in [3.8, 4) is 5.75 Å². The molecule has 8 nitrogen and oxygen atoms in total. The number of likely N-dealkylation sites (tertiary alicyclic amines) is 1. The summed E-state index contributed by atoms with van der Waals surface area (Å²) in [6.07, 6.45) is 2.05. The number of nitrogens with zero attached hydrogens (tertiary/aromatic N) is 3. The highest BCUT2D eigenvalue weighted by molar-refractivity contribution is 5.79. The molecule has 4 rings (SSSR count). The van der Waals surface area contributed by atoms with Crippen LogP contribution in [0.25, 0.3) is 0 Å². The Morgan fingerprint density at radius 1 is 1.21 bits per heavy atom. The van der Waals surface area contributed by atoms with E-state index in [2.05, 4.69) is 23.1 Å². The summed E-state index contributed by atoms with van der Waals surface area (Å²) in [6.45, 7) is 4.79. The number of ether oxygens (including phenoxy) is 1. The Labute approximate surface area is 198 Å². The van der Waals surface area contributed by atoms with Crippen molar-refractivity contribution in [1.29, 1.82) is 0 Å². The molecule has 0 saturated carbocycles. The summed E-state index contributed by atoms with van der Waals surface area (Å²) in [6, 6.07) is 15.5. The van der Waals surface area contributed by atoms with Crippen molar-refractivity contribution in [2.75, 3.05) is 6.54 Å². The van der Waals surface area contributed by atoms with Gasteiger partial charge in [-0.25, -0.2) is 0 Å². The maximum atomic E-state index is 13.0. The van der Waals surface area contributed by atoms with Crippen molar-refractivity contribution in [3.05, 3.63) is 76.9 Å². The van der Waals surface area contributed by atoms with Crippen LogP contribution in [0.1, 0.15) is 54.2 Å². The maximum Gasteiger partial charge on any atom is 0.306 e. The Morgan fingerprint density at radius 2 is 1.97 bits per heavy atom. The van der Waals surface area contributed by atoms with E-state index in [0.717, 1.165) is 29.7 Å². The Bertz CT molecular complexity index is 1140. The van der Waals surface area contributed by atoms with Crippen LogP contribution in [0.5, 0.6) is 5.75 Å². The highest BCUT2D eigenvalue weighted by atomic mass is 16.5. The van der Waals surface area contributed by atoms with Gasteiger partial charge in [0.05, 0.1) is 18.4 Å². The summed E-state index contributed by atoms with van der Waals surface area (Å²) in [5, 5.41) is 13.1. The Morgan fingerprint density at radius 3 is 2.71 bits per heavy atom. The van der Waals surface area contributed by atoms with E-state index in [9.17, 15) is 9.59 Å². The van der Waals surface area contributed by atoms with Gasteiger partial charge >= 0.3 is 5.97 Å². The summed E-state index contributed by atoms with van der Waals surface area (Å²) >= 11 is 0. The molecule has 0 aliphatic carbocycles. The van der Waals surface area contributed by atoms with E-state index in [1.165, 1.54) is 5.56 Å². The second-order valence-electron chi connectivity index (χ2n) is 8.77. The van der Waals surface area contributed by atoms with E-state index in [-0.39, 0.29) is 30.7 Å². The van der Waals surface area contributed by atoms with E-state index in [4.69, 9.17) is 14.4 Å². The van der Waals surface area contributed by atoms with Crippen molar-refractivity contribution in [1.82, 2.24) is 15.0 Å². The molecular weight excluding hydrogens is 434 g/mol. The molecule has 3 aromatic rings. The molecule has 2 aromatic carbocycles. The SMILES string of the molecule is Cc1ccccc1COc1ccc(CC(=O)N2CCCC2c2noc(CC(C)C(=O)O)n2)cc1. The molecule has 0 radical (unpaired) electrons. The number of aryl methyl sites for hydroxylation is 1. The molecule has 1 saturated heterocycles. The molecule has 2 unspecified atom stereocenters. The lowest BCUT2D eigenvalue weighted by Crippen LogP contribution is -2.32. The van der Waals surface area contributed by atoms with E-state index in [0.29, 0.717) is 19.0 Å². The fourth-order valence-electron chi connectivity index (χ4n) is 4.08. The first kappa shape index (κ1) is 23.5. The molecular formula is C26H29N3O5. The first-order valence-electron chi connectivity index (χ1n) is 11.5. The van der Waals surface area contributed by atoms with Crippen LogP contribution in [0.3, 0.4) is 0 Å². The van der Waals surface area contributed by atoms with Crippen LogP contribution < -0.4 is 4.74 Å². The number of hydrogen-bond donors (Lipinski definition) is 1. The topological polar surface area (TPSA) is 106 Å². The smallest absolute Gasteiger partial charge is 0.306 e. The van der Waals surface area contributed by atoms with Gasteiger partial charge in [-0.15, -0.1) is 0 Å². The van der Waals surface area contributed by atoms with Crippen LogP contribution in [0.2, 0.25) is 0 Å². The third kappa shape index (κ3) is 5.62. The number of aromatic nitrogens is 2. The second kappa shape index (κ2) is 10.5. The van der Waals surface area contributed by atoms with Gasteiger partial charge < -0.3 is 19.3 Å². The van der Waals surface area contributed by atoms with E-state index in [1.54, 1.807) is 11.8 Å². The van der Waals surface area contributed by atoms with Crippen LogP contribution in [0, 0.1) is 12.8 Å². The monoisotopic (exact) mass is 463 g/mol. The van der Waals surface area contributed by atoms with Gasteiger partial charge in [-0.05, 0) is 48.6 Å². The maximum absolute atomic E-state index is 13.0. The molecule has 2 heterocycles. The minimum Gasteiger partial charge on any atom is -0.489 e. The molecule has 1 aliphatic rings. The minimum atomic E-state index is -0.913. The molecule has 1 aliphatic heterocycles. The molecule has 178 valence electrons. The van der Waals surface area contributed by atoms with Crippen molar-refractivity contribution in [3.63, 3.8) is 0 Å². The van der Waals surface area contributed by atoms with Crippen LogP contribution in [0.4, 0.5) is 0 Å². The van der Waals surface area contributed by atoms with Gasteiger partial charge in [-0.2, -0.15) is 4.98 Å². The zero-order chi connectivity index (χ0) is 24.1. The number of carbonyl (C=O) groups is 2. The summed E-state index contributed by atoms with van der Waals surface area (Å²) in [5.41, 5.74) is 3.24. The first-order chi connectivity index (χ1) is 16.4. The van der Waals surface area contributed by atoms with E-state index >= 15 is 0 Å². The minimum absolute atomic E-state index is 0.00123. The molecule has 2 atom stereocenters. The van der Waals surface area contributed by atoms with Crippen molar-refractivity contribution >= 4 is 11.9 Å². The molecule has 0 spiro atoms. The van der Waals surface area contributed by atoms with Gasteiger partial charge in [0.15, 0.2) is 5.82 Å². The number of carboxylic acid groups (broad SMARTS) is 1. The molecule has 1 fully saturated rings. The first-order valence-corrected chi connectivity index (χ1v) is 11.5. The predicted molar refractivity (Wildman–Crippen MR) is 124 cm³/mol. The number of hydrogen-bond acceptors (Lipinski definition) is 6. The third-order valence-corrected chi connectivity index (χ3v) is 6.19. The highest BCUT2D eigenvalue weighted by Crippen LogP contribution is 2.31. The molecule has 34 heavy (non-hydrogen) atoms. The second-order valence-corrected chi connectivity index (χ2v) is 8.77. The van der Waals surface area contributed by atoms with Gasteiger partial charge in [0, 0.05) is 13.0 Å². The normalized spacial score (nSPS) is 16.4. The van der Waals surface area contributed by atoms with Crippen LogP contribution in [0.15, 0.2) is 53.1 Å². The lowest BCUT2D eigenvalue weighted by Gasteiger charge is -2.22. The standard InChI is InChI=1S/C26H29N3O5/c1-17-6-3-4-7-20(17)16-33-21-11-9-19(10-12-21)15-24(30)29-13-5-8-22(29)25-27-23(34-28-25)14-18(2)26(31)32/h3-4,6-7,9-12,18,22H,5,8,13-16H2,1-2H3,(H,31,32). The molecule has 1 amide bonds. The number of carbonyl (C=O) groups excluding carboxylic acids is 1. The molecule has 1 aromatic heterocycles. The van der Waals surface area contributed by atoms with Gasteiger partial charge in [0.2, 0.25) is 11.8 Å². The lowest BCUT2D eigenvalue weighted by atomic mass is 10.1. The van der Waals surface area contributed by atoms with Crippen molar-refractivity contribution in [2.45, 2.75) is 52.2 Å². The number of carboxylic acids is 1. The van der Waals surface area contributed by atoms with Gasteiger partial charge in [0.25, 0.3) is 0 Å². The third-order valence-electron chi connectivity index (χ3n) is 6.19. The van der Waals surface area contributed by atoms with Gasteiger partial charge in [-0.3, -0.25) is 9.59 Å². The van der Waals surface area contributed by atoms with Crippen LogP contribution in [-0.2, 0) is 29.0 Å². The largest absolute Gasteiger partial charge is 0.489 e. The lowest BCUT2D eigenvalue weighted by molar-refractivity contribution is -0.141. The predicted octanol–water partition coefficient (Wildman–Crippen LogP) is 4.13. The van der Waals surface area contributed by atoms with Gasteiger partial charge in [-0.1, -0.05) is 48.5 Å². The number of aliphatic carboxylic acids is 1.